The Kier molecular flexibility index (Phi) is 4.95. The van der Waals surface area contributed by atoms with Crippen LogP contribution in [0.4, 0.5) is 0 Å². The van der Waals surface area contributed by atoms with Crippen molar-refractivity contribution >= 4 is 18.6 Å². The van der Waals surface area contributed by atoms with E-state index in [-0.39, 0.29) is 12.3 Å². The number of fused-ring (bicyclic) bond motifs is 2. The van der Waals surface area contributed by atoms with Crippen LogP contribution in [0.25, 0.3) is 5.57 Å². The van der Waals surface area contributed by atoms with Gasteiger partial charge in [-0.25, -0.2) is 0 Å². The van der Waals surface area contributed by atoms with E-state index >= 15 is 0 Å². The molecule has 0 spiro atoms. The highest BCUT2D eigenvalue weighted by molar-refractivity contribution is 6.46. The number of aromatic nitrogens is 1. The fourth-order valence-electron chi connectivity index (χ4n) is 3.89. The van der Waals surface area contributed by atoms with Crippen molar-refractivity contribution in [1.82, 2.24) is 15.2 Å². The lowest BCUT2D eigenvalue weighted by atomic mass is 9.72. The fourth-order valence-corrected chi connectivity index (χ4v) is 3.89. The molecule has 4 rings (SSSR count). The Morgan fingerprint density at radius 2 is 2.25 bits per heavy atom. The predicted molar refractivity (Wildman–Crippen MR) is 108 cm³/mol. The highest BCUT2D eigenvalue weighted by atomic mass is 16.5. The van der Waals surface area contributed by atoms with Crippen LogP contribution in [-0.2, 0) is 30.7 Å². The monoisotopic (exact) mass is 377 g/mol. The van der Waals surface area contributed by atoms with Gasteiger partial charge in [0.1, 0.15) is 5.75 Å². The van der Waals surface area contributed by atoms with Crippen molar-refractivity contribution in [3.63, 3.8) is 0 Å². The quantitative estimate of drug-likeness (QED) is 0.795. The van der Waals surface area contributed by atoms with Crippen LogP contribution >= 0.6 is 0 Å². The molecule has 0 aliphatic carbocycles. The maximum atomic E-state index is 12.5. The summed E-state index contributed by atoms with van der Waals surface area (Å²) in [6, 6.07) is 7.86. The number of rotatable bonds is 4. The largest absolute Gasteiger partial charge is 0.547 e. The second kappa shape index (κ2) is 7.41. The first-order valence-corrected chi connectivity index (χ1v) is 9.48. The number of allylic oxidation sites excluding steroid dienone is 1. The van der Waals surface area contributed by atoms with Crippen LogP contribution in [-0.4, -0.2) is 40.9 Å². The number of carbonyl (C=O) groups is 1. The summed E-state index contributed by atoms with van der Waals surface area (Å²) in [7, 11) is 0.957. The third-order valence-corrected chi connectivity index (χ3v) is 5.27. The van der Waals surface area contributed by atoms with E-state index in [2.05, 4.69) is 28.8 Å². The van der Waals surface area contributed by atoms with E-state index in [1.807, 2.05) is 31.2 Å². The number of para-hydroxylation sites is 1. The van der Waals surface area contributed by atoms with Gasteiger partial charge in [0.2, 0.25) is 5.91 Å². The Bertz CT molecular complexity index is 946. The lowest BCUT2D eigenvalue weighted by Gasteiger charge is -2.29. The molecule has 0 saturated carbocycles. The molecule has 1 amide bonds. The highest BCUT2D eigenvalue weighted by Crippen LogP contribution is 2.33. The summed E-state index contributed by atoms with van der Waals surface area (Å²) in [5.74, 6) is 0.00842. The van der Waals surface area contributed by atoms with Crippen LogP contribution in [0.1, 0.15) is 34.9 Å². The third-order valence-electron chi connectivity index (χ3n) is 5.27. The first-order valence-electron chi connectivity index (χ1n) is 9.48. The van der Waals surface area contributed by atoms with Crippen LogP contribution < -0.4 is 9.97 Å². The van der Waals surface area contributed by atoms with Gasteiger partial charge in [0.15, 0.2) is 0 Å². The molecule has 144 valence electrons. The van der Waals surface area contributed by atoms with Gasteiger partial charge in [-0.15, -0.1) is 0 Å². The van der Waals surface area contributed by atoms with Gasteiger partial charge in [0, 0.05) is 24.8 Å². The Labute approximate surface area is 165 Å². The number of hydrogen-bond acceptors (Lipinski definition) is 5. The molecule has 0 fully saturated rings. The molecule has 7 heteroatoms. The van der Waals surface area contributed by atoms with Gasteiger partial charge in [0.05, 0.1) is 18.1 Å². The van der Waals surface area contributed by atoms with Crippen LogP contribution in [0.5, 0.6) is 5.75 Å². The van der Waals surface area contributed by atoms with Crippen LogP contribution in [0.3, 0.4) is 0 Å². The molecule has 3 heterocycles. The summed E-state index contributed by atoms with van der Waals surface area (Å²) >= 11 is 0. The van der Waals surface area contributed by atoms with Crippen molar-refractivity contribution < 1.29 is 14.5 Å². The highest BCUT2D eigenvalue weighted by Gasteiger charge is 2.36. The van der Waals surface area contributed by atoms with Gasteiger partial charge >= 0.3 is 7.12 Å². The molecule has 2 aliphatic rings. The minimum absolute atomic E-state index is 0.153. The molecule has 1 aromatic carbocycles. The summed E-state index contributed by atoms with van der Waals surface area (Å²) in [6.45, 7) is 7.57. The van der Waals surface area contributed by atoms with E-state index in [0.29, 0.717) is 12.2 Å². The minimum Gasteiger partial charge on any atom is -0.534 e. The minimum atomic E-state index is -1.09. The van der Waals surface area contributed by atoms with E-state index in [1.54, 1.807) is 6.20 Å². The molecule has 2 N–H and O–H groups in total. The zero-order valence-electron chi connectivity index (χ0n) is 16.2. The molecule has 2 aliphatic heterocycles. The van der Waals surface area contributed by atoms with Crippen LogP contribution in [0, 0.1) is 0 Å². The molecule has 6 nitrogen and oxygen atoms in total. The summed E-state index contributed by atoms with van der Waals surface area (Å²) in [6.07, 6.45) is 2.50. The number of nitrogens with one attached hydrogen (secondary N) is 1. The third kappa shape index (κ3) is 3.68. The lowest BCUT2D eigenvalue weighted by molar-refractivity contribution is -0.120. The average Bonchev–Trinajstić information content (AvgIpc) is 3.01. The van der Waals surface area contributed by atoms with Gasteiger partial charge < -0.3 is 15.0 Å². The smallest absolute Gasteiger partial charge is 0.534 e. The van der Waals surface area contributed by atoms with E-state index < -0.39 is 13.1 Å². The summed E-state index contributed by atoms with van der Waals surface area (Å²) in [4.78, 5) is 19.2. The summed E-state index contributed by atoms with van der Waals surface area (Å²) in [5.41, 5.74) is 5.85. The topological polar surface area (TPSA) is 74.7 Å². The van der Waals surface area contributed by atoms with Gasteiger partial charge in [-0.2, -0.15) is 0 Å². The standard InChI is InChI=1S/C21H24BN3O3/c1-13(2)17-6-4-5-15-9-19(22(27)28-21(15)17)24-20(26)8-14-7-16-11-25(3)12-18(16)23-10-14/h4-7,10,19,27H,1,8-9,11-12H2,2-3H3,(H,24,26). The second-order valence-corrected chi connectivity index (χ2v) is 7.76. The number of benzene rings is 1. The van der Waals surface area contributed by atoms with Gasteiger partial charge in [-0.3, -0.25) is 14.7 Å². The fraction of sp³-hybridized carbons (Fsp3) is 0.333. The molecular weight excluding hydrogens is 353 g/mol. The van der Waals surface area contributed by atoms with Crippen molar-refractivity contribution in [1.29, 1.82) is 0 Å². The SMILES string of the molecule is C=C(C)c1cccc2c1OB(O)C(NC(=O)Cc1cnc3c(c1)CN(C)C3)C2. The van der Waals surface area contributed by atoms with Crippen LogP contribution in [0.2, 0.25) is 0 Å². The molecule has 2 aromatic rings. The molecule has 28 heavy (non-hydrogen) atoms. The Morgan fingerprint density at radius 1 is 1.43 bits per heavy atom. The van der Waals surface area contributed by atoms with Gasteiger partial charge in [0.25, 0.3) is 0 Å². The molecular formula is C21H24BN3O3. The Morgan fingerprint density at radius 3 is 3.04 bits per heavy atom. The number of pyridine rings is 1. The summed E-state index contributed by atoms with van der Waals surface area (Å²) in [5, 5.41) is 13.3. The first kappa shape index (κ1) is 18.7. The van der Waals surface area contributed by atoms with E-state index in [1.165, 1.54) is 5.56 Å². The maximum Gasteiger partial charge on any atom is 0.547 e. The van der Waals surface area contributed by atoms with E-state index in [4.69, 9.17) is 4.65 Å². The Balaban J connectivity index is 1.43. The molecule has 0 saturated heterocycles. The van der Waals surface area contributed by atoms with E-state index in [0.717, 1.165) is 41.0 Å². The normalized spacial score (nSPS) is 18.2. The molecule has 0 bridgehead atoms. The predicted octanol–water partition coefficient (Wildman–Crippen LogP) is 1.74. The van der Waals surface area contributed by atoms with E-state index in [9.17, 15) is 9.82 Å². The maximum absolute atomic E-state index is 12.5. The summed E-state index contributed by atoms with van der Waals surface area (Å²) < 4.78 is 5.72. The number of amides is 1. The molecule has 1 unspecified atom stereocenters. The number of carbonyl (C=O) groups excluding carboxylic acids is 1. The van der Waals surface area contributed by atoms with Crippen molar-refractivity contribution in [2.75, 3.05) is 7.05 Å². The first-order chi connectivity index (χ1) is 13.4. The molecule has 1 aromatic heterocycles. The Hall–Kier alpha value is -2.64. The zero-order chi connectivity index (χ0) is 19.8. The van der Waals surface area contributed by atoms with Crippen molar-refractivity contribution in [2.45, 2.75) is 38.8 Å². The second-order valence-electron chi connectivity index (χ2n) is 7.76. The molecule has 0 radical (unpaired) electrons. The lowest BCUT2D eigenvalue weighted by Crippen LogP contribution is -2.53. The van der Waals surface area contributed by atoms with Crippen molar-refractivity contribution in [3.8, 4) is 5.75 Å². The zero-order valence-corrected chi connectivity index (χ0v) is 16.2. The number of nitrogens with zero attached hydrogens (tertiary/aromatic N) is 2. The van der Waals surface area contributed by atoms with Crippen molar-refractivity contribution in [2.24, 2.45) is 0 Å². The molecule has 1 atom stereocenters. The van der Waals surface area contributed by atoms with Gasteiger partial charge in [-0.05, 0) is 42.7 Å². The number of hydrogen-bond donors (Lipinski definition) is 2. The van der Waals surface area contributed by atoms with Gasteiger partial charge in [-0.1, -0.05) is 30.8 Å². The van der Waals surface area contributed by atoms with Crippen LogP contribution in [0.15, 0.2) is 37.0 Å². The van der Waals surface area contributed by atoms with Crippen molar-refractivity contribution in [3.05, 3.63) is 65.0 Å². The average molecular weight is 377 g/mol.